The second-order valence-electron chi connectivity index (χ2n) is 13.8. The van der Waals surface area contributed by atoms with Crippen molar-refractivity contribution < 1.29 is 27.5 Å². The number of allylic oxidation sites excluding steroid dienone is 2. The molecule has 0 amide bonds. The van der Waals surface area contributed by atoms with E-state index in [2.05, 4.69) is 9.98 Å². The molecule has 0 spiro atoms. The van der Waals surface area contributed by atoms with Crippen LogP contribution in [0.15, 0.2) is 231 Å². The van der Waals surface area contributed by atoms with E-state index < -0.39 is 0 Å². The zero-order chi connectivity index (χ0) is 42.9. The molecule has 4 nitrogen and oxygen atoms in total. The average Bonchev–Trinajstić information content (AvgIpc) is 3.31. The molecule has 8 aromatic carbocycles. The van der Waals surface area contributed by atoms with E-state index in [1.54, 1.807) is 48.5 Å². The molecule has 63 heavy (non-hydrogen) atoms. The van der Waals surface area contributed by atoms with Crippen molar-refractivity contribution in [3.05, 3.63) is 287 Å². The first-order chi connectivity index (χ1) is 30.3. The summed E-state index contributed by atoms with van der Waals surface area (Å²) >= 11 is 0. The van der Waals surface area contributed by atoms with Crippen LogP contribution in [0.2, 0.25) is 0 Å². The van der Waals surface area contributed by atoms with E-state index in [0.717, 1.165) is 56.4 Å². The maximum Gasteiger partial charge on any atom is 2.00 e. The molecule has 8 rings (SSSR count). The van der Waals surface area contributed by atoms with Gasteiger partial charge in [-0.1, -0.05) is 121 Å². The van der Waals surface area contributed by atoms with E-state index in [4.69, 9.17) is 10.6 Å². The summed E-state index contributed by atoms with van der Waals surface area (Å²) in [5, 5.41) is 9.57. The van der Waals surface area contributed by atoms with Crippen molar-refractivity contribution in [2.45, 2.75) is 0 Å². The van der Waals surface area contributed by atoms with Gasteiger partial charge in [-0.25, -0.2) is 27.5 Å². The van der Waals surface area contributed by atoms with E-state index in [0.29, 0.717) is 11.4 Å². The van der Waals surface area contributed by atoms with Gasteiger partial charge in [0.2, 0.25) is 22.8 Å². The smallest absolute Gasteiger partial charge is 0.657 e. The maximum absolute atomic E-state index is 13.5. The Kier molecular flexibility index (Phi) is 16.5. The number of nitrogens with zero attached hydrogens (tertiary/aromatic N) is 2. The van der Waals surface area contributed by atoms with Gasteiger partial charge >= 0.3 is 23.1 Å². The molecule has 9 heteroatoms. The number of halogens is 4. The van der Waals surface area contributed by atoms with Crippen molar-refractivity contribution in [3.63, 3.8) is 0 Å². The maximum atomic E-state index is 13.5. The third-order valence-corrected chi connectivity index (χ3v) is 9.27. The molecule has 8 aromatic rings. The molecule has 0 saturated carbocycles. The topological polar surface area (TPSA) is 56.1 Å². The number of para-hydroxylation sites is 4. The first kappa shape index (κ1) is 45.2. The molecule has 0 aromatic heterocycles. The minimum absolute atomic E-state index is 0. The standard InChI is InChI=1S/2C27H19F2N2.Mg/c2*28-22-15-11-20(12-16-22)26(30-24-7-3-1-4-8-24)19-27(21-13-17-23(29)18-14-21)31-25-9-5-2-6-10-25;/h2*1-19H;/q2*-1;+2/p+2/b2*26-19-,31-27?;. The van der Waals surface area contributed by atoms with Crippen molar-refractivity contribution in [2.75, 3.05) is 0 Å². The summed E-state index contributed by atoms with van der Waals surface area (Å²) in [6, 6.07) is 63.4. The zero-order valence-corrected chi connectivity index (χ0v) is 35.5. The van der Waals surface area contributed by atoms with Crippen molar-refractivity contribution in [2.24, 2.45) is 0 Å². The molecule has 304 valence electrons. The molecule has 0 heterocycles. The van der Waals surface area contributed by atoms with E-state index in [1.165, 1.54) is 48.5 Å². The van der Waals surface area contributed by atoms with Crippen LogP contribution in [0.3, 0.4) is 0 Å². The largest absolute Gasteiger partial charge is 2.00 e. The fourth-order valence-corrected chi connectivity index (χ4v) is 6.15. The van der Waals surface area contributed by atoms with Crippen LogP contribution in [-0.2, 0) is 0 Å². The third-order valence-electron chi connectivity index (χ3n) is 9.27. The second kappa shape index (κ2) is 23.0. The summed E-state index contributed by atoms with van der Waals surface area (Å²) in [4.78, 5) is 6.79. The van der Waals surface area contributed by atoms with Crippen LogP contribution in [0.5, 0.6) is 0 Å². The Morgan fingerprint density at radius 2 is 0.571 bits per heavy atom. The normalized spacial score (nSPS) is 11.7. The summed E-state index contributed by atoms with van der Waals surface area (Å²) in [7, 11) is 0. The predicted octanol–water partition coefficient (Wildman–Crippen LogP) is 11.4. The van der Waals surface area contributed by atoms with Crippen molar-refractivity contribution in [1.29, 1.82) is 0 Å². The quantitative estimate of drug-likeness (QED) is 0.0699. The van der Waals surface area contributed by atoms with E-state index in [1.807, 2.05) is 133 Å². The monoisotopic (exact) mass is 844 g/mol. The molecule has 0 fully saturated rings. The van der Waals surface area contributed by atoms with Crippen LogP contribution in [0.1, 0.15) is 22.3 Å². The fraction of sp³-hybridized carbons (Fsp3) is 0. The van der Waals surface area contributed by atoms with Crippen LogP contribution in [-0.4, -0.2) is 34.5 Å². The van der Waals surface area contributed by atoms with Crippen LogP contribution in [0.25, 0.3) is 22.0 Å². The van der Waals surface area contributed by atoms with Gasteiger partial charge in [0.05, 0.1) is 0 Å². The van der Waals surface area contributed by atoms with Crippen molar-refractivity contribution in [1.82, 2.24) is 0 Å². The van der Waals surface area contributed by atoms with Crippen LogP contribution in [0, 0.1) is 23.3 Å². The van der Waals surface area contributed by atoms with Gasteiger partial charge in [-0.05, 0) is 96.1 Å². The Balaban J connectivity index is 0.000000206. The number of rotatable bonds is 12. The van der Waals surface area contributed by atoms with Gasteiger partial charge in [0.25, 0.3) is 0 Å². The number of hydrogen-bond donors (Lipinski definition) is 2. The molecule has 0 saturated heterocycles. The van der Waals surface area contributed by atoms with Gasteiger partial charge < -0.3 is 10.6 Å². The molecule has 0 bridgehead atoms. The average molecular weight is 845 g/mol. The summed E-state index contributed by atoms with van der Waals surface area (Å²) in [5.41, 5.74) is 9.22. The molecule has 0 atom stereocenters. The van der Waals surface area contributed by atoms with E-state index in [-0.39, 0.29) is 46.3 Å². The summed E-state index contributed by atoms with van der Waals surface area (Å²) in [6.07, 6.45) is 3.78. The van der Waals surface area contributed by atoms with Gasteiger partial charge in [0.1, 0.15) is 23.3 Å². The molecule has 2 N–H and O–H groups in total. The minimum Gasteiger partial charge on any atom is -0.657 e. The zero-order valence-electron chi connectivity index (χ0n) is 34.1. The molecule has 0 radical (unpaired) electrons. The summed E-state index contributed by atoms with van der Waals surface area (Å²) in [5.74, 6) is -1.24. The molecule has 0 aliphatic rings. The van der Waals surface area contributed by atoms with Gasteiger partial charge in [-0.2, -0.15) is 0 Å². The fourth-order valence-electron chi connectivity index (χ4n) is 6.15. The number of benzene rings is 8. The van der Waals surface area contributed by atoms with Crippen LogP contribution in [0.4, 0.5) is 40.3 Å². The molecule has 0 aliphatic heterocycles. The van der Waals surface area contributed by atoms with Crippen molar-refractivity contribution in [3.8, 4) is 0 Å². The third kappa shape index (κ3) is 13.8. The summed E-state index contributed by atoms with van der Waals surface area (Å²) in [6.45, 7) is 0. The van der Waals surface area contributed by atoms with Gasteiger partial charge in [-0.15, -0.1) is 22.8 Å². The minimum atomic E-state index is -0.312. The Labute approximate surface area is 380 Å². The van der Waals surface area contributed by atoms with E-state index >= 15 is 0 Å². The Bertz CT molecular complexity index is 2570. The number of hydrogen-bond acceptors (Lipinski definition) is 0. The predicted molar refractivity (Wildman–Crippen MR) is 249 cm³/mol. The Morgan fingerprint density at radius 1 is 0.317 bits per heavy atom. The first-order valence-electron chi connectivity index (χ1n) is 19.7. The van der Waals surface area contributed by atoms with Gasteiger partial charge in [0, 0.05) is 35.4 Å². The summed E-state index contributed by atoms with van der Waals surface area (Å²) < 4.78 is 54.1. The molecular formula is C54H40F4MgN4+2. The number of nitrogens with one attached hydrogen (secondary N) is 2. The Hall–Kier alpha value is -7.33. The van der Waals surface area contributed by atoms with Crippen LogP contribution < -0.4 is 9.98 Å². The van der Waals surface area contributed by atoms with Crippen LogP contribution >= 0.6 is 0 Å². The SMILES string of the molecule is Fc1ccc(C(/C=C(\[N-]c2ccccc2)c2ccc(F)cc2)=[NH+]c2ccccc2)cc1.Fc1ccc(C(/C=C(\[N-]c2ccccc2)c2ccc(F)cc2)=[NH+]c2ccccc2)cc1.[Mg+2]. The van der Waals surface area contributed by atoms with E-state index in [9.17, 15) is 17.6 Å². The molecule has 0 aliphatic carbocycles. The Morgan fingerprint density at radius 3 is 0.857 bits per heavy atom. The second-order valence-corrected chi connectivity index (χ2v) is 13.8. The van der Waals surface area contributed by atoms with Crippen molar-refractivity contribution >= 4 is 68.6 Å². The molecule has 0 unspecified atom stereocenters. The molecular weight excluding hydrogens is 805 g/mol. The van der Waals surface area contributed by atoms with Gasteiger partial charge in [-0.3, -0.25) is 0 Å². The van der Waals surface area contributed by atoms with Gasteiger partial charge in [0.15, 0.2) is 0 Å². The first-order valence-corrected chi connectivity index (χ1v) is 19.7.